The SMILES string of the molecule is CCCCCCCCC(SCCCCC)C(=O)OCCCCCC(=O)OC. The Hall–Kier alpha value is -0.710. The largest absolute Gasteiger partial charge is 0.469 e. The maximum absolute atomic E-state index is 12.4. The van der Waals surface area contributed by atoms with E-state index in [1.165, 1.54) is 58.5 Å². The van der Waals surface area contributed by atoms with Crippen molar-refractivity contribution in [3.63, 3.8) is 0 Å². The van der Waals surface area contributed by atoms with Crippen molar-refractivity contribution in [1.82, 2.24) is 0 Å². The molecule has 0 radical (unpaired) electrons. The van der Waals surface area contributed by atoms with Gasteiger partial charge in [0.2, 0.25) is 0 Å². The number of hydrogen-bond acceptors (Lipinski definition) is 5. The quantitative estimate of drug-likeness (QED) is 0.187. The number of esters is 2. The van der Waals surface area contributed by atoms with Crippen LogP contribution in [0.2, 0.25) is 0 Å². The van der Waals surface area contributed by atoms with Crippen LogP contribution in [0.15, 0.2) is 0 Å². The van der Waals surface area contributed by atoms with Crippen LogP contribution < -0.4 is 0 Å². The van der Waals surface area contributed by atoms with Gasteiger partial charge in [0.25, 0.3) is 0 Å². The van der Waals surface area contributed by atoms with Gasteiger partial charge in [0, 0.05) is 6.42 Å². The Balaban J connectivity index is 4.01. The van der Waals surface area contributed by atoms with E-state index in [9.17, 15) is 9.59 Å². The summed E-state index contributed by atoms with van der Waals surface area (Å²) < 4.78 is 10.1. The summed E-state index contributed by atoms with van der Waals surface area (Å²) in [7, 11) is 1.41. The highest BCUT2D eigenvalue weighted by Crippen LogP contribution is 2.22. The van der Waals surface area contributed by atoms with E-state index in [4.69, 9.17) is 4.74 Å². The number of ether oxygens (including phenoxy) is 2. The molecule has 0 aliphatic heterocycles. The zero-order valence-corrected chi connectivity index (χ0v) is 18.7. The van der Waals surface area contributed by atoms with E-state index in [1.807, 2.05) is 0 Å². The van der Waals surface area contributed by atoms with Crippen molar-refractivity contribution in [2.24, 2.45) is 0 Å². The molecule has 160 valence electrons. The Labute approximate surface area is 171 Å². The minimum Gasteiger partial charge on any atom is -0.469 e. The summed E-state index contributed by atoms with van der Waals surface area (Å²) in [5.41, 5.74) is 0. The third-order valence-electron chi connectivity index (χ3n) is 4.65. The van der Waals surface area contributed by atoms with Crippen LogP contribution in [0, 0.1) is 0 Å². The van der Waals surface area contributed by atoms with Gasteiger partial charge in [-0.15, -0.1) is 11.8 Å². The normalized spacial score (nSPS) is 12.0. The summed E-state index contributed by atoms with van der Waals surface area (Å²) in [6.07, 6.45) is 15.0. The van der Waals surface area contributed by atoms with Gasteiger partial charge in [0.1, 0.15) is 5.25 Å². The average Bonchev–Trinajstić information content (AvgIpc) is 2.68. The van der Waals surface area contributed by atoms with Crippen LogP contribution in [0.25, 0.3) is 0 Å². The highest BCUT2D eigenvalue weighted by molar-refractivity contribution is 8.00. The van der Waals surface area contributed by atoms with Gasteiger partial charge < -0.3 is 9.47 Å². The van der Waals surface area contributed by atoms with E-state index in [0.29, 0.717) is 13.0 Å². The predicted octanol–water partition coefficient (Wildman–Crippen LogP) is 6.31. The summed E-state index contributed by atoms with van der Waals surface area (Å²) in [6.45, 7) is 4.89. The van der Waals surface area contributed by atoms with Crippen LogP contribution in [-0.4, -0.2) is 36.7 Å². The minimum absolute atomic E-state index is 0.0110. The van der Waals surface area contributed by atoms with E-state index < -0.39 is 0 Å². The lowest BCUT2D eigenvalue weighted by atomic mass is 10.1. The Bertz CT molecular complexity index is 360. The maximum atomic E-state index is 12.4. The molecule has 0 aliphatic rings. The van der Waals surface area contributed by atoms with Crippen LogP contribution in [0.4, 0.5) is 0 Å². The van der Waals surface area contributed by atoms with Crippen molar-refractivity contribution in [2.75, 3.05) is 19.5 Å². The van der Waals surface area contributed by atoms with Crippen LogP contribution in [0.1, 0.15) is 104 Å². The number of methoxy groups -OCH3 is 1. The van der Waals surface area contributed by atoms with Crippen molar-refractivity contribution in [3.05, 3.63) is 0 Å². The molecule has 0 saturated carbocycles. The van der Waals surface area contributed by atoms with Crippen molar-refractivity contribution < 1.29 is 19.1 Å². The summed E-state index contributed by atoms with van der Waals surface area (Å²) >= 11 is 1.78. The number of thioether (sulfide) groups is 1. The summed E-state index contributed by atoms with van der Waals surface area (Å²) in [4.78, 5) is 23.5. The van der Waals surface area contributed by atoms with Gasteiger partial charge in [-0.1, -0.05) is 65.2 Å². The van der Waals surface area contributed by atoms with Gasteiger partial charge in [-0.2, -0.15) is 0 Å². The summed E-state index contributed by atoms with van der Waals surface area (Å²) in [6, 6.07) is 0. The molecular weight excluding hydrogens is 360 g/mol. The third kappa shape index (κ3) is 17.1. The molecule has 0 aromatic rings. The Kier molecular flexibility index (Phi) is 19.5. The van der Waals surface area contributed by atoms with E-state index in [-0.39, 0.29) is 17.2 Å². The molecule has 0 fully saturated rings. The third-order valence-corrected chi connectivity index (χ3v) is 6.00. The standard InChI is InChI=1S/C22H42O4S/c1-4-6-8-9-10-12-16-20(27-19-15-7-5-2)22(24)26-18-14-11-13-17-21(23)25-3/h20H,4-19H2,1-3H3. The molecule has 4 nitrogen and oxygen atoms in total. The monoisotopic (exact) mass is 402 g/mol. The summed E-state index contributed by atoms with van der Waals surface area (Å²) in [5, 5.41) is -0.0110. The lowest BCUT2D eigenvalue weighted by Crippen LogP contribution is -2.21. The van der Waals surface area contributed by atoms with Crippen LogP contribution >= 0.6 is 11.8 Å². The lowest BCUT2D eigenvalue weighted by Gasteiger charge is -2.16. The molecule has 0 saturated heterocycles. The fourth-order valence-corrected chi connectivity index (χ4v) is 4.07. The molecule has 0 N–H and O–H groups in total. The van der Waals surface area contributed by atoms with Crippen LogP contribution in [0.5, 0.6) is 0 Å². The zero-order valence-electron chi connectivity index (χ0n) is 17.9. The fraction of sp³-hybridized carbons (Fsp3) is 0.909. The zero-order chi connectivity index (χ0) is 20.2. The molecule has 1 unspecified atom stereocenters. The van der Waals surface area contributed by atoms with Crippen molar-refractivity contribution >= 4 is 23.7 Å². The Morgan fingerprint density at radius 3 is 2.15 bits per heavy atom. The highest BCUT2D eigenvalue weighted by Gasteiger charge is 2.19. The molecule has 27 heavy (non-hydrogen) atoms. The number of rotatable bonds is 19. The predicted molar refractivity (Wildman–Crippen MR) is 115 cm³/mol. The molecule has 0 amide bonds. The van der Waals surface area contributed by atoms with Gasteiger partial charge in [0.05, 0.1) is 13.7 Å². The first kappa shape index (κ1) is 26.3. The number of carbonyl (C=O) groups is 2. The van der Waals surface area contributed by atoms with Crippen LogP contribution in [0.3, 0.4) is 0 Å². The second kappa shape index (κ2) is 20.0. The topological polar surface area (TPSA) is 52.6 Å². The van der Waals surface area contributed by atoms with Crippen molar-refractivity contribution in [2.45, 2.75) is 109 Å². The molecule has 0 aliphatic carbocycles. The average molecular weight is 403 g/mol. The molecular formula is C22H42O4S. The molecule has 0 aromatic heterocycles. The molecule has 0 aromatic carbocycles. The molecule has 0 spiro atoms. The molecule has 0 bridgehead atoms. The second-order valence-electron chi connectivity index (χ2n) is 7.18. The van der Waals surface area contributed by atoms with Gasteiger partial charge in [-0.3, -0.25) is 9.59 Å². The maximum Gasteiger partial charge on any atom is 0.319 e. The van der Waals surface area contributed by atoms with E-state index in [2.05, 4.69) is 18.6 Å². The molecule has 1 atom stereocenters. The first-order chi connectivity index (χ1) is 13.2. The highest BCUT2D eigenvalue weighted by atomic mass is 32.2. The van der Waals surface area contributed by atoms with Crippen molar-refractivity contribution in [1.29, 1.82) is 0 Å². The Morgan fingerprint density at radius 2 is 1.44 bits per heavy atom. The molecule has 0 rings (SSSR count). The second-order valence-corrected chi connectivity index (χ2v) is 8.49. The minimum atomic E-state index is -0.172. The number of hydrogen-bond donors (Lipinski definition) is 0. The first-order valence-corrected chi connectivity index (χ1v) is 12.1. The first-order valence-electron chi connectivity index (χ1n) is 11.0. The van der Waals surface area contributed by atoms with Gasteiger partial charge in [0.15, 0.2) is 0 Å². The van der Waals surface area contributed by atoms with Crippen molar-refractivity contribution in [3.8, 4) is 0 Å². The molecule has 0 heterocycles. The number of unbranched alkanes of at least 4 members (excludes halogenated alkanes) is 9. The van der Waals surface area contributed by atoms with E-state index in [1.54, 1.807) is 11.8 Å². The number of carbonyl (C=O) groups excluding carboxylic acids is 2. The van der Waals surface area contributed by atoms with Gasteiger partial charge >= 0.3 is 11.9 Å². The summed E-state index contributed by atoms with van der Waals surface area (Å²) in [5.74, 6) is 0.829. The van der Waals surface area contributed by atoms with E-state index in [0.717, 1.165) is 37.9 Å². The van der Waals surface area contributed by atoms with Crippen LogP contribution in [-0.2, 0) is 19.1 Å². The Morgan fingerprint density at radius 1 is 0.815 bits per heavy atom. The smallest absolute Gasteiger partial charge is 0.319 e. The molecule has 5 heteroatoms. The van der Waals surface area contributed by atoms with E-state index >= 15 is 0 Å². The fourth-order valence-electron chi connectivity index (χ4n) is 2.87. The lowest BCUT2D eigenvalue weighted by molar-refractivity contribution is -0.144. The van der Waals surface area contributed by atoms with Gasteiger partial charge in [-0.25, -0.2) is 0 Å². The van der Waals surface area contributed by atoms with Gasteiger partial charge in [-0.05, 0) is 37.9 Å².